The fraction of sp³-hybridized carbons (Fsp3) is 0.143. The van der Waals surface area contributed by atoms with Gasteiger partial charge in [-0.15, -0.1) is 25.6 Å². The predicted octanol–water partition coefficient (Wildman–Crippen LogP) is 7.93. The zero-order valence-electron chi connectivity index (χ0n) is 22.4. The molecule has 4 aromatic rings. The maximum atomic E-state index is 10.2. The van der Waals surface area contributed by atoms with Crippen LogP contribution >= 0.6 is 0 Å². The number of nitrogens with two attached hydrogens (primary N) is 1. The van der Waals surface area contributed by atoms with Gasteiger partial charge >= 0.3 is 0 Å². The van der Waals surface area contributed by atoms with Crippen LogP contribution in [-0.2, 0) is 0 Å². The summed E-state index contributed by atoms with van der Waals surface area (Å²) < 4.78 is 16.1. The van der Waals surface area contributed by atoms with Crippen molar-refractivity contribution < 1.29 is 19.3 Å². The molecule has 0 fully saturated rings. The minimum Gasteiger partial charge on any atom is -0.508 e. The van der Waals surface area contributed by atoms with Crippen molar-refractivity contribution in [3.8, 4) is 23.0 Å². The first-order valence-corrected chi connectivity index (χ1v) is 12.0. The van der Waals surface area contributed by atoms with Gasteiger partial charge in [0.15, 0.2) is 0 Å². The second-order valence-electron chi connectivity index (χ2n) is 8.35. The Balaban J connectivity index is 1.79. The van der Waals surface area contributed by atoms with Crippen LogP contribution in [0.4, 0.5) is 34.1 Å². The van der Waals surface area contributed by atoms with Gasteiger partial charge in [0.2, 0.25) is 0 Å². The molecule has 4 aromatic carbocycles. The van der Waals surface area contributed by atoms with Crippen molar-refractivity contribution in [1.29, 1.82) is 0 Å². The van der Waals surface area contributed by atoms with E-state index in [1.165, 1.54) is 19.2 Å². The smallest absolute Gasteiger partial charge is 0.146 e. The number of rotatable bonds is 10. The molecule has 0 heterocycles. The minimum atomic E-state index is -0.0317. The highest BCUT2D eigenvalue weighted by Gasteiger charge is 2.14. The summed E-state index contributed by atoms with van der Waals surface area (Å²) in [5, 5.41) is 37.3. The lowest BCUT2D eigenvalue weighted by atomic mass is 10.2. The number of anilines is 2. The molecule has 0 radical (unpaired) electrons. The molecule has 0 amide bonds. The number of hydrogen-bond acceptors (Lipinski definition) is 11. The highest BCUT2D eigenvalue weighted by Crippen LogP contribution is 2.38. The average molecular weight is 541 g/mol. The molecule has 3 N–H and O–H groups in total. The molecule has 0 aromatic heterocycles. The van der Waals surface area contributed by atoms with Gasteiger partial charge in [0.25, 0.3) is 0 Å². The Kier molecular flexibility index (Phi) is 8.82. The topological polar surface area (TPSA) is 151 Å². The molecule has 12 nitrogen and oxygen atoms in total. The van der Waals surface area contributed by atoms with E-state index >= 15 is 0 Å². The second kappa shape index (κ2) is 12.8. The summed E-state index contributed by atoms with van der Waals surface area (Å²) in [4.78, 5) is 0. The molecule has 0 saturated carbocycles. The molecule has 0 saturated heterocycles. The fourth-order valence-corrected chi connectivity index (χ4v) is 3.46. The first kappa shape index (κ1) is 27.5. The molecule has 0 unspecified atom stereocenters. The van der Waals surface area contributed by atoms with Gasteiger partial charge in [-0.05, 0) is 83.6 Å². The maximum Gasteiger partial charge on any atom is 0.146 e. The molecular formula is C28H28N8O4. The number of aromatic hydroxyl groups is 1. The summed E-state index contributed by atoms with van der Waals surface area (Å²) in [5.41, 5.74) is 9.36. The number of azo groups is 1. The van der Waals surface area contributed by atoms with Gasteiger partial charge in [-0.25, -0.2) is 0 Å². The first-order chi connectivity index (χ1) is 19.4. The lowest BCUT2D eigenvalue weighted by molar-refractivity contribution is 0.404. The molecule has 204 valence electrons. The van der Waals surface area contributed by atoms with Gasteiger partial charge in [-0.3, -0.25) is 0 Å². The van der Waals surface area contributed by atoms with Gasteiger partial charge in [0.1, 0.15) is 45.7 Å². The maximum absolute atomic E-state index is 10.2. The molecular weight excluding hydrogens is 512 g/mol. The third-order valence-electron chi connectivity index (χ3n) is 5.54. The molecule has 0 bridgehead atoms. The van der Waals surface area contributed by atoms with E-state index in [9.17, 15) is 5.11 Å². The highest BCUT2D eigenvalue weighted by molar-refractivity contribution is 5.68. The molecule has 0 atom stereocenters. The quantitative estimate of drug-likeness (QED) is 0.118. The Morgan fingerprint density at radius 3 is 2.00 bits per heavy atom. The van der Waals surface area contributed by atoms with Gasteiger partial charge < -0.3 is 25.1 Å². The SMILES string of the molecule is COc1ccc(OC)c(N=NN(N=Nc2ccc(N)cc2)c2ccc(O)cc2N=Nc2cc(C)ccc2OC)c1. The molecule has 40 heavy (non-hydrogen) atoms. The van der Waals surface area contributed by atoms with Crippen LogP contribution in [0.1, 0.15) is 5.56 Å². The van der Waals surface area contributed by atoms with E-state index in [0.717, 1.165) is 10.7 Å². The number of hydrogen-bond donors (Lipinski definition) is 2. The summed E-state index contributed by atoms with van der Waals surface area (Å²) in [5.74, 6) is 1.55. The molecule has 0 aliphatic carbocycles. The van der Waals surface area contributed by atoms with Crippen molar-refractivity contribution in [2.45, 2.75) is 6.92 Å². The highest BCUT2D eigenvalue weighted by atomic mass is 16.5. The average Bonchev–Trinajstić information content (AvgIpc) is 2.97. The first-order valence-electron chi connectivity index (χ1n) is 12.0. The Morgan fingerprint density at radius 2 is 1.30 bits per heavy atom. The van der Waals surface area contributed by atoms with Crippen LogP contribution in [0.3, 0.4) is 0 Å². The fourth-order valence-electron chi connectivity index (χ4n) is 3.46. The number of aryl methyl sites for hydroxylation is 1. The van der Waals surface area contributed by atoms with Crippen LogP contribution in [0.25, 0.3) is 0 Å². The number of phenols is 1. The predicted molar refractivity (Wildman–Crippen MR) is 152 cm³/mol. The van der Waals surface area contributed by atoms with Crippen molar-refractivity contribution in [2.75, 3.05) is 32.2 Å². The summed E-state index contributed by atoms with van der Waals surface area (Å²) in [7, 11) is 4.63. The van der Waals surface area contributed by atoms with E-state index in [1.807, 2.05) is 19.1 Å². The third kappa shape index (κ3) is 6.86. The van der Waals surface area contributed by atoms with Crippen molar-refractivity contribution >= 4 is 34.1 Å². The van der Waals surface area contributed by atoms with Crippen LogP contribution in [0.2, 0.25) is 0 Å². The Labute approximate surface area is 231 Å². The standard InChI is InChI=1S/C28H28N8O4/c1-18-5-13-27(39-3)24(15-18)32-31-23-16-21(37)10-12-26(23)36(34-30-20-8-6-19(29)7-9-20)35-33-25-17-22(38-2)11-14-28(25)40-4/h5-17,37H,29H2,1-4H3. The lowest BCUT2D eigenvalue weighted by Gasteiger charge is -2.13. The zero-order chi connectivity index (χ0) is 28.5. The van der Waals surface area contributed by atoms with Crippen LogP contribution in [0, 0.1) is 6.92 Å². The van der Waals surface area contributed by atoms with E-state index < -0.39 is 0 Å². The number of nitrogen functional groups attached to an aromatic ring is 1. The van der Waals surface area contributed by atoms with E-state index in [0.29, 0.717) is 45.7 Å². The summed E-state index contributed by atoms with van der Waals surface area (Å²) in [6.07, 6.45) is 0. The van der Waals surface area contributed by atoms with Gasteiger partial charge in [0, 0.05) is 17.8 Å². The molecule has 12 heteroatoms. The van der Waals surface area contributed by atoms with Gasteiger partial charge in [-0.2, -0.15) is 0 Å². The number of methoxy groups -OCH3 is 3. The molecule has 0 spiro atoms. The van der Waals surface area contributed by atoms with E-state index in [1.54, 1.807) is 68.8 Å². The van der Waals surface area contributed by atoms with E-state index in [4.69, 9.17) is 19.9 Å². The Hall–Kier alpha value is -5.52. The van der Waals surface area contributed by atoms with Crippen molar-refractivity contribution in [3.63, 3.8) is 0 Å². The number of nitrogens with zero attached hydrogens (tertiary/aromatic N) is 7. The number of ether oxygens (including phenoxy) is 3. The van der Waals surface area contributed by atoms with Crippen LogP contribution in [0.15, 0.2) is 110 Å². The van der Waals surface area contributed by atoms with Gasteiger partial charge in [-0.1, -0.05) is 6.07 Å². The third-order valence-corrected chi connectivity index (χ3v) is 5.54. The minimum absolute atomic E-state index is 0.0317. The van der Waals surface area contributed by atoms with E-state index in [2.05, 4.69) is 30.9 Å². The largest absolute Gasteiger partial charge is 0.508 e. The normalized spacial score (nSPS) is 11.4. The lowest BCUT2D eigenvalue weighted by Crippen LogP contribution is -2.06. The number of phenolic OH excluding ortho intramolecular Hbond substituents is 1. The van der Waals surface area contributed by atoms with Crippen LogP contribution < -0.4 is 25.1 Å². The molecule has 0 aliphatic rings. The Morgan fingerprint density at radius 1 is 0.650 bits per heavy atom. The second-order valence-corrected chi connectivity index (χ2v) is 8.35. The number of benzene rings is 4. The molecule has 4 rings (SSSR count). The van der Waals surface area contributed by atoms with Crippen molar-refractivity contribution in [3.05, 3.63) is 84.4 Å². The Bertz CT molecular complexity index is 1550. The van der Waals surface area contributed by atoms with Crippen LogP contribution in [0.5, 0.6) is 23.0 Å². The summed E-state index contributed by atoms with van der Waals surface area (Å²) in [6, 6.07) is 22.0. The van der Waals surface area contributed by atoms with Crippen LogP contribution in [-0.4, -0.2) is 26.4 Å². The molecule has 0 aliphatic heterocycles. The zero-order valence-corrected chi connectivity index (χ0v) is 22.4. The summed E-state index contributed by atoms with van der Waals surface area (Å²) >= 11 is 0. The summed E-state index contributed by atoms with van der Waals surface area (Å²) in [6.45, 7) is 1.94. The van der Waals surface area contributed by atoms with Crippen molar-refractivity contribution in [2.24, 2.45) is 30.9 Å². The van der Waals surface area contributed by atoms with E-state index in [-0.39, 0.29) is 11.4 Å². The van der Waals surface area contributed by atoms with Gasteiger partial charge in [0.05, 0.1) is 27.0 Å². The van der Waals surface area contributed by atoms with Crippen molar-refractivity contribution in [1.82, 2.24) is 0 Å². The monoisotopic (exact) mass is 540 g/mol.